The number of rotatable bonds is 3. The molecule has 7 nitrogen and oxygen atoms in total. The first-order valence-electron chi connectivity index (χ1n) is 7.28. The Balaban J connectivity index is 1.73. The number of H-pyrrole nitrogens is 1. The monoisotopic (exact) mass is 354 g/mol. The molecule has 4 aromatic rings. The van der Waals surface area contributed by atoms with Crippen molar-refractivity contribution in [2.24, 2.45) is 5.73 Å². The van der Waals surface area contributed by atoms with Crippen molar-refractivity contribution in [3.63, 3.8) is 0 Å². The number of primary amides is 1. The van der Waals surface area contributed by atoms with Crippen LogP contribution in [0.5, 0.6) is 5.75 Å². The van der Waals surface area contributed by atoms with Crippen molar-refractivity contribution in [3.05, 3.63) is 53.8 Å². The number of benzene rings is 2. The van der Waals surface area contributed by atoms with E-state index >= 15 is 0 Å². The normalized spacial score (nSPS) is 10.9. The lowest BCUT2D eigenvalue weighted by atomic mass is 10.2. The SMILES string of the molecule is NC(=O)Oc1cccc2[nH]c(-c3coc(-c4ccc(Cl)cc4)n3)nc12. The average molecular weight is 355 g/mol. The highest BCUT2D eigenvalue weighted by Gasteiger charge is 2.15. The first kappa shape index (κ1) is 15.2. The van der Waals surface area contributed by atoms with E-state index in [1.165, 1.54) is 6.26 Å². The van der Waals surface area contributed by atoms with Crippen molar-refractivity contribution in [2.75, 3.05) is 0 Å². The number of ether oxygens (including phenoxy) is 1. The third-order valence-corrected chi connectivity index (χ3v) is 3.78. The van der Waals surface area contributed by atoms with Crippen LogP contribution in [0.1, 0.15) is 0 Å². The molecule has 0 unspecified atom stereocenters. The second-order valence-electron chi connectivity index (χ2n) is 5.20. The minimum atomic E-state index is -0.900. The number of nitrogens with zero attached hydrogens (tertiary/aromatic N) is 2. The first-order valence-corrected chi connectivity index (χ1v) is 7.66. The van der Waals surface area contributed by atoms with Crippen LogP contribution in [-0.4, -0.2) is 21.0 Å². The van der Waals surface area contributed by atoms with Crippen LogP contribution in [0.25, 0.3) is 34.0 Å². The molecule has 2 aromatic heterocycles. The fraction of sp³-hybridized carbons (Fsp3) is 0. The molecule has 0 aliphatic carbocycles. The van der Waals surface area contributed by atoms with Crippen molar-refractivity contribution in [1.29, 1.82) is 0 Å². The summed E-state index contributed by atoms with van der Waals surface area (Å²) in [6.07, 6.45) is 0.597. The molecule has 0 fully saturated rings. The minimum Gasteiger partial charge on any atom is -0.444 e. The standard InChI is InChI=1S/C17H11ClN4O3/c18-10-6-4-9(5-7-10)16-21-12(8-24-16)15-20-11-2-1-3-13(14(11)22-15)25-17(19)23/h1-8H,(H2,19,23)(H,20,22). The molecular weight excluding hydrogens is 344 g/mol. The maximum atomic E-state index is 11.0. The van der Waals surface area contributed by atoms with Gasteiger partial charge >= 0.3 is 6.09 Å². The number of halogens is 1. The Morgan fingerprint density at radius 3 is 2.72 bits per heavy atom. The number of nitrogens with two attached hydrogens (primary N) is 1. The van der Waals surface area contributed by atoms with E-state index in [1.54, 1.807) is 30.3 Å². The summed E-state index contributed by atoms with van der Waals surface area (Å²) in [7, 11) is 0. The Morgan fingerprint density at radius 1 is 1.16 bits per heavy atom. The number of fused-ring (bicyclic) bond motifs is 1. The number of aromatic amines is 1. The predicted octanol–water partition coefficient (Wildman–Crippen LogP) is 4.00. The van der Waals surface area contributed by atoms with Gasteiger partial charge in [-0.2, -0.15) is 0 Å². The summed E-state index contributed by atoms with van der Waals surface area (Å²) in [5, 5.41) is 0.634. The highest BCUT2D eigenvalue weighted by atomic mass is 35.5. The number of imidazole rings is 1. The molecular formula is C17H11ClN4O3. The van der Waals surface area contributed by atoms with Crippen LogP contribution < -0.4 is 10.5 Å². The molecule has 25 heavy (non-hydrogen) atoms. The Kier molecular flexibility index (Phi) is 3.62. The summed E-state index contributed by atoms with van der Waals surface area (Å²) in [6, 6.07) is 12.3. The summed E-state index contributed by atoms with van der Waals surface area (Å²) in [5.74, 6) is 1.20. The van der Waals surface area contributed by atoms with Gasteiger partial charge in [0, 0.05) is 10.6 Å². The topological polar surface area (TPSA) is 107 Å². The third kappa shape index (κ3) is 2.92. The lowest BCUT2D eigenvalue weighted by Gasteiger charge is -1.99. The Labute approximate surface area is 146 Å². The van der Waals surface area contributed by atoms with Gasteiger partial charge in [-0.05, 0) is 36.4 Å². The summed E-state index contributed by atoms with van der Waals surface area (Å²) in [4.78, 5) is 23.0. The molecule has 3 N–H and O–H groups in total. The van der Waals surface area contributed by atoms with Crippen LogP contribution in [0.4, 0.5) is 4.79 Å². The van der Waals surface area contributed by atoms with E-state index in [1.807, 2.05) is 12.1 Å². The first-order chi connectivity index (χ1) is 12.1. The van der Waals surface area contributed by atoms with Gasteiger partial charge in [-0.15, -0.1) is 0 Å². The molecule has 124 valence electrons. The number of carbonyl (C=O) groups is 1. The summed E-state index contributed by atoms with van der Waals surface area (Å²) < 4.78 is 10.5. The van der Waals surface area contributed by atoms with Gasteiger partial charge in [0.2, 0.25) is 5.89 Å². The van der Waals surface area contributed by atoms with E-state index < -0.39 is 6.09 Å². The molecule has 4 rings (SSSR count). The maximum Gasteiger partial charge on any atom is 0.410 e. The smallest absolute Gasteiger partial charge is 0.410 e. The Morgan fingerprint density at radius 2 is 1.96 bits per heavy atom. The minimum absolute atomic E-state index is 0.272. The van der Waals surface area contributed by atoms with Crippen LogP contribution in [-0.2, 0) is 0 Å². The Hall–Kier alpha value is -3.32. The zero-order valence-electron chi connectivity index (χ0n) is 12.7. The van der Waals surface area contributed by atoms with Gasteiger partial charge in [0.05, 0.1) is 5.52 Å². The maximum absolute atomic E-state index is 11.0. The Bertz CT molecular complexity index is 1070. The lowest BCUT2D eigenvalue weighted by molar-refractivity contribution is 0.211. The molecule has 2 aromatic carbocycles. The number of hydrogen-bond donors (Lipinski definition) is 2. The van der Waals surface area contributed by atoms with Gasteiger partial charge in [0.1, 0.15) is 17.5 Å². The van der Waals surface area contributed by atoms with Crippen molar-refractivity contribution >= 4 is 28.7 Å². The number of oxazole rings is 1. The van der Waals surface area contributed by atoms with Crippen molar-refractivity contribution in [2.45, 2.75) is 0 Å². The molecule has 0 saturated carbocycles. The van der Waals surface area contributed by atoms with E-state index in [9.17, 15) is 4.79 Å². The molecule has 0 saturated heterocycles. The van der Waals surface area contributed by atoms with Gasteiger partial charge in [0.25, 0.3) is 0 Å². The van der Waals surface area contributed by atoms with E-state index in [-0.39, 0.29) is 5.75 Å². The number of carbonyl (C=O) groups excluding carboxylic acids is 1. The number of amides is 1. The second kappa shape index (κ2) is 5.95. The molecule has 2 heterocycles. The number of aromatic nitrogens is 3. The summed E-state index contributed by atoms with van der Waals surface area (Å²) in [6.45, 7) is 0. The molecule has 0 atom stereocenters. The molecule has 0 aliphatic heterocycles. The highest BCUT2D eigenvalue weighted by Crippen LogP contribution is 2.29. The van der Waals surface area contributed by atoms with E-state index in [0.29, 0.717) is 33.5 Å². The van der Waals surface area contributed by atoms with Crippen molar-refractivity contribution < 1.29 is 13.9 Å². The van der Waals surface area contributed by atoms with E-state index in [0.717, 1.165) is 5.56 Å². The number of nitrogens with one attached hydrogen (secondary N) is 1. The molecule has 0 aliphatic rings. The molecule has 0 bridgehead atoms. The summed E-state index contributed by atoms with van der Waals surface area (Å²) >= 11 is 5.89. The van der Waals surface area contributed by atoms with Crippen molar-refractivity contribution in [3.8, 4) is 28.7 Å². The van der Waals surface area contributed by atoms with Gasteiger partial charge in [0.15, 0.2) is 11.6 Å². The fourth-order valence-electron chi connectivity index (χ4n) is 2.43. The lowest BCUT2D eigenvalue weighted by Crippen LogP contribution is -2.16. The number of para-hydroxylation sites is 1. The van der Waals surface area contributed by atoms with Gasteiger partial charge in [-0.3, -0.25) is 0 Å². The molecule has 1 amide bonds. The zero-order chi connectivity index (χ0) is 17.4. The summed E-state index contributed by atoms with van der Waals surface area (Å²) in [5.41, 5.74) is 7.56. The predicted molar refractivity (Wildman–Crippen MR) is 92.2 cm³/mol. The number of hydrogen-bond acceptors (Lipinski definition) is 5. The van der Waals surface area contributed by atoms with Crippen LogP contribution >= 0.6 is 11.6 Å². The quantitative estimate of drug-likeness (QED) is 0.578. The van der Waals surface area contributed by atoms with Gasteiger partial charge in [-0.1, -0.05) is 17.7 Å². The van der Waals surface area contributed by atoms with Crippen LogP contribution in [0, 0.1) is 0 Å². The fourth-order valence-corrected chi connectivity index (χ4v) is 2.55. The molecule has 0 radical (unpaired) electrons. The average Bonchev–Trinajstić information content (AvgIpc) is 3.22. The molecule has 0 spiro atoms. The van der Waals surface area contributed by atoms with Gasteiger partial charge in [-0.25, -0.2) is 14.8 Å². The van der Waals surface area contributed by atoms with Crippen LogP contribution in [0.15, 0.2) is 53.1 Å². The largest absolute Gasteiger partial charge is 0.444 e. The highest BCUT2D eigenvalue weighted by molar-refractivity contribution is 6.30. The van der Waals surface area contributed by atoms with Crippen molar-refractivity contribution in [1.82, 2.24) is 15.0 Å². The molecule has 8 heteroatoms. The van der Waals surface area contributed by atoms with Crippen LogP contribution in [0.2, 0.25) is 5.02 Å². The third-order valence-electron chi connectivity index (χ3n) is 3.52. The van der Waals surface area contributed by atoms with Gasteiger partial charge < -0.3 is 19.9 Å². The zero-order valence-corrected chi connectivity index (χ0v) is 13.4. The second-order valence-corrected chi connectivity index (χ2v) is 5.64. The van der Waals surface area contributed by atoms with Crippen LogP contribution in [0.3, 0.4) is 0 Å². The van der Waals surface area contributed by atoms with E-state index in [2.05, 4.69) is 15.0 Å². The van der Waals surface area contributed by atoms with E-state index in [4.69, 9.17) is 26.5 Å².